The summed E-state index contributed by atoms with van der Waals surface area (Å²) in [4.78, 5) is 32.6. The molecule has 0 radical (unpaired) electrons. The number of nitrogens with zero attached hydrogens (tertiary/aromatic N) is 4. The molecule has 0 fully saturated rings. The first kappa shape index (κ1) is 31.2. The number of aromatic nitrogens is 5. The fourth-order valence-corrected chi connectivity index (χ4v) is 3.62. The van der Waals surface area contributed by atoms with E-state index in [9.17, 15) is 4.79 Å². The molecule has 0 aliphatic rings. The van der Waals surface area contributed by atoms with Crippen LogP contribution in [0.25, 0.3) is 5.95 Å². The fraction of sp³-hybridized carbons (Fsp3) is 0.259. The van der Waals surface area contributed by atoms with Crippen LogP contribution in [0.5, 0.6) is 11.5 Å². The zero-order valence-corrected chi connectivity index (χ0v) is 22.9. The second kappa shape index (κ2) is 14.9. The third-order valence-corrected chi connectivity index (χ3v) is 5.38. The monoisotopic (exact) mass is 582 g/mol. The Kier molecular flexibility index (Phi) is 11.1. The van der Waals surface area contributed by atoms with Crippen LogP contribution < -0.4 is 26.2 Å². The molecule has 15 heteroatoms. The van der Waals surface area contributed by atoms with Gasteiger partial charge in [0.15, 0.2) is 17.4 Å². The molecule has 0 spiro atoms. The Hall–Kier alpha value is -5.31. The summed E-state index contributed by atoms with van der Waals surface area (Å²) >= 11 is 0. The number of aliphatic carboxylic acids is 1. The molecule has 42 heavy (non-hydrogen) atoms. The molecule has 0 saturated heterocycles. The Labute approximate surface area is 239 Å². The molecule has 0 bridgehead atoms. The van der Waals surface area contributed by atoms with Gasteiger partial charge in [-0.1, -0.05) is 0 Å². The van der Waals surface area contributed by atoms with Gasteiger partial charge in [0.2, 0.25) is 0 Å². The van der Waals surface area contributed by atoms with Gasteiger partial charge in [-0.15, -0.1) is 9.78 Å². The molecule has 0 saturated carbocycles. The highest BCUT2D eigenvalue weighted by Crippen LogP contribution is 2.35. The molecule has 2 aromatic carbocycles. The van der Waals surface area contributed by atoms with Crippen LogP contribution in [0.2, 0.25) is 0 Å². The molecule has 2 heterocycles. The molecule has 7 N–H and O–H groups in total. The number of amidine groups is 1. The first-order valence-electron chi connectivity index (χ1n) is 12.7. The number of H-pyrrole nitrogens is 1. The highest BCUT2D eigenvalue weighted by Gasteiger charge is 2.27. The third-order valence-electron chi connectivity index (χ3n) is 5.38. The van der Waals surface area contributed by atoms with E-state index in [0.29, 0.717) is 30.0 Å². The van der Waals surface area contributed by atoms with Crippen LogP contribution in [0.3, 0.4) is 0 Å². The Morgan fingerprint density at radius 2 is 1.88 bits per heavy atom. The summed E-state index contributed by atoms with van der Waals surface area (Å²) in [6.07, 6.45) is 3.25. The van der Waals surface area contributed by atoms with Gasteiger partial charge in [0.05, 0.1) is 13.2 Å². The summed E-state index contributed by atoms with van der Waals surface area (Å²) in [6, 6.07) is 10.1. The van der Waals surface area contributed by atoms with Gasteiger partial charge in [-0.3, -0.25) is 15.2 Å². The maximum atomic E-state index is 15.9. The lowest BCUT2D eigenvalue weighted by molar-refractivity contribution is -0.134. The van der Waals surface area contributed by atoms with Crippen molar-refractivity contribution in [2.75, 3.05) is 25.1 Å². The number of carboxylic acids is 1. The van der Waals surface area contributed by atoms with Crippen molar-refractivity contribution in [3.05, 3.63) is 88.1 Å². The van der Waals surface area contributed by atoms with Crippen LogP contribution in [-0.2, 0) is 4.79 Å². The number of aliphatic hydroxyl groups is 1. The summed E-state index contributed by atoms with van der Waals surface area (Å²) in [5.41, 5.74) is 6.07. The molecular formula is C27H31FN8O6. The molecule has 0 aliphatic carbocycles. The van der Waals surface area contributed by atoms with Crippen LogP contribution in [-0.4, -0.2) is 66.6 Å². The minimum absolute atomic E-state index is 0.0427. The van der Waals surface area contributed by atoms with Crippen LogP contribution in [0.1, 0.15) is 43.3 Å². The lowest BCUT2D eigenvalue weighted by atomic mass is 10.0. The number of aliphatic hydroxyl groups excluding tert-OH is 1. The van der Waals surface area contributed by atoms with Crippen molar-refractivity contribution in [3.8, 4) is 17.4 Å². The van der Waals surface area contributed by atoms with Gasteiger partial charge >= 0.3 is 5.69 Å². The number of nitrogen functional groups attached to an aromatic ring is 1. The van der Waals surface area contributed by atoms with Crippen molar-refractivity contribution in [1.29, 1.82) is 5.41 Å². The topological polar surface area (TPSA) is 214 Å². The van der Waals surface area contributed by atoms with Crippen LogP contribution in [0.4, 0.5) is 10.1 Å². The van der Waals surface area contributed by atoms with Crippen molar-refractivity contribution in [2.45, 2.75) is 26.3 Å². The number of benzene rings is 2. The minimum atomic E-state index is -1.02. The summed E-state index contributed by atoms with van der Waals surface area (Å²) < 4.78 is 28.1. The predicted molar refractivity (Wildman–Crippen MR) is 151 cm³/mol. The van der Waals surface area contributed by atoms with E-state index in [0.717, 1.165) is 11.6 Å². The van der Waals surface area contributed by atoms with Gasteiger partial charge in [0, 0.05) is 55.2 Å². The second-order valence-corrected chi connectivity index (χ2v) is 8.55. The van der Waals surface area contributed by atoms with Crippen molar-refractivity contribution in [1.82, 2.24) is 24.7 Å². The largest absolute Gasteiger partial charge is 0.494 e. The number of anilines is 1. The average Bonchev–Trinajstić information content (AvgIpc) is 3.35. The van der Waals surface area contributed by atoms with Gasteiger partial charge in [-0.2, -0.15) is 0 Å². The number of carbonyl (C=O) groups is 1. The molecule has 222 valence electrons. The normalized spacial score (nSPS) is 11.1. The van der Waals surface area contributed by atoms with Crippen molar-refractivity contribution < 1.29 is 28.9 Å². The van der Waals surface area contributed by atoms with Crippen molar-refractivity contribution in [2.24, 2.45) is 5.73 Å². The Morgan fingerprint density at radius 3 is 2.48 bits per heavy atom. The number of hydrogen-bond acceptors (Lipinski definition) is 10. The fourth-order valence-electron chi connectivity index (χ4n) is 3.62. The SMILES string of the molecule is CC(=O)O.CCOc1cc(OCCCO)c(F)c([C@H](Nc2ccc(C(=N)N)cc2)c2nn(-c3ncccn3)c(=O)[nH]2)c1. The van der Waals surface area contributed by atoms with Gasteiger partial charge in [0.25, 0.3) is 11.9 Å². The van der Waals surface area contributed by atoms with E-state index in [1.807, 2.05) is 0 Å². The predicted octanol–water partition coefficient (Wildman–Crippen LogP) is 2.23. The van der Waals surface area contributed by atoms with Gasteiger partial charge in [0.1, 0.15) is 17.6 Å². The molecule has 2 aromatic heterocycles. The number of halogens is 1. The number of carboxylic acid groups (broad SMARTS) is 1. The van der Waals surface area contributed by atoms with Crippen LogP contribution in [0, 0.1) is 11.2 Å². The second-order valence-electron chi connectivity index (χ2n) is 8.55. The zero-order chi connectivity index (χ0) is 30.6. The maximum absolute atomic E-state index is 15.9. The van der Waals surface area contributed by atoms with Crippen LogP contribution in [0.15, 0.2) is 59.7 Å². The lowest BCUT2D eigenvalue weighted by Crippen LogP contribution is -2.18. The molecule has 0 amide bonds. The molecular weight excluding hydrogens is 551 g/mol. The lowest BCUT2D eigenvalue weighted by Gasteiger charge is -2.21. The van der Waals surface area contributed by atoms with Gasteiger partial charge < -0.3 is 30.7 Å². The highest BCUT2D eigenvalue weighted by molar-refractivity contribution is 5.95. The molecule has 4 rings (SSSR count). The quantitative estimate of drug-likeness (QED) is 0.0809. The van der Waals surface area contributed by atoms with E-state index in [2.05, 4.69) is 25.4 Å². The first-order valence-corrected chi connectivity index (χ1v) is 12.7. The van der Waals surface area contributed by atoms with Crippen molar-refractivity contribution >= 4 is 17.5 Å². The number of rotatable bonds is 12. The maximum Gasteiger partial charge on any atom is 0.350 e. The average molecular weight is 583 g/mol. The minimum Gasteiger partial charge on any atom is -0.494 e. The zero-order valence-electron chi connectivity index (χ0n) is 22.9. The van der Waals surface area contributed by atoms with Crippen molar-refractivity contribution in [3.63, 3.8) is 0 Å². The van der Waals surface area contributed by atoms with E-state index in [1.54, 1.807) is 37.3 Å². The molecule has 14 nitrogen and oxygen atoms in total. The van der Waals surface area contributed by atoms with E-state index >= 15 is 4.39 Å². The van der Waals surface area contributed by atoms with E-state index in [-0.39, 0.29) is 42.1 Å². The Bertz CT molecular complexity index is 1540. The summed E-state index contributed by atoms with van der Waals surface area (Å²) in [6.45, 7) is 3.17. The number of aromatic amines is 1. The summed E-state index contributed by atoms with van der Waals surface area (Å²) in [5.74, 6) is -1.25. The van der Waals surface area contributed by atoms with Gasteiger partial charge in [-0.05, 0) is 43.3 Å². The van der Waals surface area contributed by atoms with E-state index < -0.39 is 23.5 Å². The Balaban J connectivity index is 0.00000114. The smallest absolute Gasteiger partial charge is 0.350 e. The number of ether oxygens (including phenoxy) is 2. The molecule has 0 aliphatic heterocycles. The first-order chi connectivity index (χ1) is 20.1. The molecule has 0 unspecified atom stereocenters. The van der Waals surface area contributed by atoms with E-state index in [1.165, 1.54) is 24.5 Å². The van der Waals surface area contributed by atoms with E-state index in [4.69, 9.17) is 35.6 Å². The summed E-state index contributed by atoms with van der Waals surface area (Å²) in [5, 5.41) is 31.7. The standard InChI is InChI=1S/C25H27FN8O4.C2H4O2/c1-2-37-17-13-18(20(26)19(14-17)38-12-4-11-35)21(31-16-7-5-15(6-8-16)22(27)28)23-32-25(36)34(33-23)24-29-9-3-10-30-24;1-2(3)4/h3,5-10,13-14,21,31,35H,2,4,11-12H2,1H3,(H3,27,28)(H,32,33,36);1H3,(H,3,4)/t21-;/m0./s1. The number of nitrogens with two attached hydrogens (primary N) is 1. The van der Waals surface area contributed by atoms with Gasteiger partial charge in [-0.25, -0.2) is 19.2 Å². The molecule has 4 aromatic rings. The number of nitrogens with one attached hydrogen (secondary N) is 3. The third kappa shape index (κ3) is 8.34. The highest BCUT2D eigenvalue weighted by atomic mass is 19.1. The number of hydrogen-bond donors (Lipinski definition) is 6. The Morgan fingerprint density at radius 1 is 1.21 bits per heavy atom. The molecule has 1 atom stereocenters. The van der Waals surface area contributed by atoms with Crippen LogP contribution >= 0.6 is 0 Å². The summed E-state index contributed by atoms with van der Waals surface area (Å²) in [7, 11) is 0.